The van der Waals surface area contributed by atoms with Crippen molar-refractivity contribution < 1.29 is 9.13 Å². The Labute approximate surface area is 110 Å². The molecule has 0 N–H and O–H groups in total. The van der Waals surface area contributed by atoms with Gasteiger partial charge in [0.25, 0.3) is 0 Å². The van der Waals surface area contributed by atoms with Gasteiger partial charge in [0.2, 0.25) is 0 Å². The van der Waals surface area contributed by atoms with Gasteiger partial charge in [0, 0.05) is 0 Å². The van der Waals surface area contributed by atoms with Crippen molar-refractivity contribution in [1.29, 1.82) is 0 Å². The van der Waals surface area contributed by atoms with Crippen molar-refractivity contribution in [2.24, 2.45) is 0 Å². The monoisotopic (exact) mass is 265 g/mol. The number of pyridine rings is 1. The minimum atomic E-state index is -0.232. The Morgan fingerprint density at radius 3 is 2.72 bits per heavy atom. The predicted octanol–water partition coefficient (Wildman–Crippen LogP) is 3.85. The number of alkyl halides is 1. The van der Waals surface area contributed by atoms with Gasteiger partial charge in [-0.05, 0) is 42.3 Å². The largest absolute Gasteiger partial charge is 0.487 e. The standard InChI is InChI=1S/C14H13ClFNO/c1-10-6-12(16)3-2-11(10)9-18-14-5-4-13(7-15)17-8-14/h2-6,8H,7,9H2,1H3. The quantitative estimate of drug-likeness (QED) is 0.784. The molecule has 2 rings (SSSR count). The molecule has 0 atom stereocenters. The number of benzene rings is 1. The van der Waals surface area contributed by atoms with Crippen molar-refractivity contribution in [1.82, 2.24) is 4.98 Å². The third kappa shape index (κ3) is 3.20. The van der Waals surface area contributed by atoms with E-state index in [0.29, 0.717) is 18.2 Å². The molecule has 0 aliphatic heterocycles. The first-order chi connectivity index (χ1) is 8.69. The maximum absolute atomic E-state index is 12.9. The molecule has 1 aromatic carbocycles. The van der Waals surface area contributed by atoms with E-state index in [2.05, 4.69) is 4.98 Å². The van der Waals surface area contributed by atoms with E-state index >= 15 is 0 Å². The summed E-state index contributed by atoms with van der Waals surface area (Å²) in [6.07, 6.45) is 1.64. The molecule has 1 aromatic heterocycles. The fourth-order valence-corrected chi connectivity index (χ4v) is 1.72. The second kappa shape index (κ2) is 5.83. The molecular weight excluding hydrogens is 253 g/mol. The predicted molar refractivity (Wildman–Crippen MR) is 69.3 cm³/mol. The molecule has 0 unspecified atom stereocenters. The number of nitrogens with zero attached hydrogens (tertiary/aromatic N) is 1. The van der Waals surface area contributed by atoms with Gasteiger partial charge in [0.15, 0.2) is 0 Å². The van der Waals surface area contributed by atoms with Crippen molar-refractivity contribution >= 4 is 11.6 Å². The van der Waals surface area contributed by atoms with Gasteiger partial charge in [-0.25, -0.2) is 4.39 Å². The van der Waals surface area contributed by atoms with Crippen molar-refractivity contribution in [3.05, 3.63) is 59.2 Å². The Bertz CT molecular complexity index is 528. The Morgan fingerprint density at radius 2 is 2.11 bits per heavy atom. The highest BCUT2D eigenvalue weighted by molar-refractivity contribution is 6.16. The van der Waals surface area contributed by atoms with Gasteiger partial charge < -0.3 is 4.74 Å². The van der Waals surface area contributed by atoms with E-state index < -0.39 is 0 Å². The highest BCUT2D eigenvalue weighted by Crippen LogP contribution is 2.15. The minimum absolute atomic E-state index is 0.232. The molecule has 0 radical (unpaired) electrons. The lowest BCUT2D eigenvalue weighted by atomic mass is 10.1. The molecule has 0 fully saturated rings. The molecule has 0 bridgehead atoms. The Hall–Kier alpha value is -1.61. The molecule has 1 heterocycles. The number of rotatable bonds is 4. The molecule has 0 amide bonds. The zero-order valence-corrected chi connectivity index (χ0v) is 10.7. The van der Waals surface area contributed by atoms with E-state index in [0.717, 1.165) is 16.8 Å². The summed E-state index contributed by atoms with van der Waals surface area (Å²) in [6.45, 7) is 2.25. The summed E-state index contributed by atoms with van der Waals surface area (Å²) in [5.74, 6) is 0.828. The summed E-state index contributed by atoms with van der Waals surface area (Å²) in [4.78, 5) is 4.13. The zero-order chi connectivity index (χ0) is 13.0. The summed E-state index contributed by atoms with van der Waals surface area (Å²) in [6, 6.07) is 8.29. The minimum Gasteiger partial charge on any atom is -0.487 e. The molecule has 2 nitrogen and oxygen atoms in total. The number of ether oxygens (including phenoxy) is 1. The number of aromatic nitrogens is 1. The van der Waals surface area contributed by atoms with Crippen LogP contribution < -0.4 is 4.74 Å². The molecular formula is C14H13ClFNO. The molecule has 18 heavy (non-hydrogen) atoms. The van der Waals surface area contributed by atoms with Crippen LogP contribution in [0.5, 0.6) is 5.75 Å². The van der Waals surface area contributed by atoms with E-state index in [1.54, 1.807) is 12.3 Å². The topological polar surface area (TPSA) is 22.1 Å². The van der Waals surface area contributed by atoms with E-state index in [1.807, 2.05) is 19.1 Å². The van der Waals surface area contributed by atoms with Crippen molar-refractivity contribution in [3.8, 4) is 5.75 Å². The van der Waals surface area contributed by atoms with E-state index in [1.165, 1.54) is 12.1 Å². The third-order valence-electron chi connectivity index (χ3n) is 2.63. The van der Waals surface area contributed by atoms with Crippen LogP contribution in [0.25, 0.3) is 0 Å². The Kier molecular flexibility index (Phi) is 4.15. The van der Waals surface area contributed by atoms with Crippen molar-refractivity contribution in [3.63, 3.8) is 0 Å². The molecule has 0 saturated carbocycles. The highest BCUT2D eigenvalue weighted by atomic mass is 35.5. The average Bonchev–Trinajstić information content (AvgIpc) is 2.38. The second-order valence-corrected chi connectivity index (χ2v) is 4.25. The van der Waals surface area contributed by atoms with E-state index in [-0.39, 0.29) is 5.82 Å². The van der Waals surface area contributed by atoms with Crippen LogP contribution in [-0.2, 0) is 12.5 Å². The van der Waals surface area contributed by atoms with Crippen molar-refractivity contribution in [2.75, 3.05) is 0 Å². The normalized spacial score (nSPS) is 10.4. The van der Waals surface area contributed by atoms with Gasteiger partial charge in [-0.3, -0.25) is 4.98 Å². The molecule has 2 aromatic rings. The van der Waals surface area contributed by atoms with Gasteiger partial charge in [0.05, 0.1) is 17.8 Å². The molecule has 0 spiro atoms. The second-order valence-electron chi connectivity index (χ2n) is 3.98. The van der Waals surface area contributed by atoms with Crippen LogP contribution in [0.2, 0.25) is 0 Å². The van der Waals surface area contributed by atoms with Crippen LogP contribution in [0, 0.1) is 12.7 Å². The summed E-state index contributed by atoms with van der Waals surface area (Å²) in [5, 5.41) is 0. The Balaban J connectivity index is 2.02. The average molecular weight is 266 g/mol. The lowest BCUT2D eigenvalue weighted by Crippen LogP contribution is -1.99. The SMILES string of the molecule is Cc1cc(F)ccc1COc1ccc(CCl)nc1. The molecule has 0 aliphatic rings. The summed E-state index contributed by atoms with van der Waals surface area (Å²) in [5.41, 5.74) is 2.64. The van der Waals surface area contributed by atoms with Crippen molar-refractivity contribution in [2.45, 2.75) is 19.4 Å². The van der Waals surface area contributed by atoms with Gasteiger partial charge in [-0.15, -0.1) is 11.6 Å². The van der Waals surface area contributed by atoms with E-state index in [4.69, 9.17) is 16.3 Å². The van der Waals surface area contributed by atoms with E-state index in [9.17, 15) is 4.39 Å². The van der Waals surface area contributed by atoms with Crippen LogP contribution in [0.1, 0.15) is 16.8 Å². The summed E-state index contributed by atoms with van der Waals surface area (Å²) < 4.78 is 18.5. The summed E-state index contributed by atoms with van der Waals surface area (Å²) in [7, 11) is 0. The van der Waals surface area contributed by atoms with Gasteiger partial charge in [0.1, 0.15) is 18.2 Å². The highest BCUT2D eigenvalue weighted by Gasteiger charge is 2.02. The first kappa shape index (κ1) is 12.8. The summed E-state index contributed by atoms with van der Waals surface area (Å²) >= 11 is 5.65. The number of aryl methyl sites for hydroxylation is 1. The molecule has 4 heteroatoms. The van der Waals surface area contributed by atoms with Crippen LogP contribution in [-0.4, -0.2) is 4.98 Å². The molecule has 0 saturated heterocycles. The number of hydrogen-bond acceptors (Lipinski definition) is 2. The van der Waals surface area contributed by atoms with Crippen LogP contribution in [0.4, 0.5) is 4.39 Å². The zero-order valence-electron chi connectivity index (χ0n) is 9.99. The maximum atomic E-state index is 12.9. The van der Waals surface area contributed by atoms with Crippen LogP contribution in [0.3, 0.4) is 0 Å². The first-order valence-corrected chi connectivity index (χ1v) is 6.11. The smallest absolute Gasteiger partial charge is 0.138 e. The van der Waals surface area contributed by atoms with Gasteiger partial charge in [-0.2, -0.15) is 0 Å². The van der Waals surface area contributed by atoms with Gasteiger partial charge in [-0.1, -0.05) is 6.07 Å². The lowest BCUT2D eigenvalue weighted by Gasteiger charge is -2.08. The molecule has 0 aliphatic carbocycles. The number of halogens is 2. The lowest BCUT2D eigenvalue weighted by molar-refractivity contribution is 0.304. The molecule has 94 valence electrons. The first-order valence-electron chi connectivity index (χ1n) is 5.58. The number of hydrogen-bond donors (Lipinski definition) is 0. The fraction of sp³-hybridized carbons (Fsp3) is 0.214. The third-order valence-corrected chi connectivity index (χ3v) is 2.91. The van der Waals surface area contributed by atoms with Crippen LogP contribution in [0.15, 0.2) is 36.5 Å². The maximum Gasteiger partial charge on any atom is 0.138 e. The van der Waals surface area contributed by atoms with Crippen LogP contribution >= 0.6 is 11.6 Å². The van der Waals surface area contributed by atoms with Gasteiger partial charge >= 0.3 is 0 Å². The fourth-order valence-electron chi connectivity index (χ4n) is 1.56. The Morgan fingerprint density at radius 1 is 1.28 bits per heavy atom.